The summed E-state index contributed by atoms with van der Waals surface area (Å²) in [7, 11) is 3.06. The maximum atomic E-state index is 14.2. The molecule has 53 heavy (non-hydrogen) atoms. The molecule has 4 heterocycles. The molecule has 3 fully saturated rings. The Morgan fingerprint density at radius 3 is 2.26 bits per heavy atom. The van der Waals surface area contributed by atoms with Gasteiger partial charge in [-0.1, -0.05) is 53.5 Å². The van der Waals surface area contributed by atoms with E-state index in [1.54, 1.807) is 54.6 Å². The largest absolute Gasteiger partial charge is 0.493 e. The van der Waals surface area contributed by atoms with Gasteiger partial charge in [-0.3, -0.25) is 20.0 Å². The first-order valence-corrected chi connectivity index (χ1v) is 17.7. The average molecular weight is 769 g/mol. The minimum atomic E-state index is -0.875. The molecule has 3 atom stereocenters. The van der Waals surface area contributed by atoms with Crippen molar-refractivity contribution in [3.05, 3.63) is 123 Å². The second kappa shape index (κ2) is 18.8. The van der Waals surface area contributed by atoms with Crippen molar-refractivity contribution in [3.8, 4) is 11.5 Å². The first-order valence-electron chi connectivity index (χ1n) is 16.9. The number of benzene rings is 3. The lowest BCUT2D eigenvalue weighted by molar-refractivity contribution is -0.161. The molecular weight excluding hydrogens is 728 g/mol. The van der Waals surface area contributed by atoms with Gasteiger partial charge in [0.25, 0.3) is 6.47 Å². The van der Waals surface area contributed by atoms with Crippen LogP contribution in [0.2, 0.25) is 10.0 Å². The van der Waals surface area contributed by atoms with Crippen LogP contribution in [0.1, 0.15) is 57.6 Å². The average Bonchev–Trinajstić information content (AvgIpc) is 3.16. The smallest absolute Gasteiger partial charge is 0.338 e. The summed E-state index contributed by atoms with van der Waals surface area (Å²) in [6.07, 6.45) is 4.20. The van der Waals surface area contributed by atoms with E-state index in [0.717, 1.165) is 38.0 Å². The molecule has 7 rings (SSSR count). The number of nitrogens with zero attached hydrogens (tertiary/aromatic N) is 2. The zero-order chi connectivity index (χ0) is 37.9. The summed E-state index contributed by atoms with van der Waals surface area (Å²) in [5.74, 6) is -0.104. The van der Waals surface area contributed by atoms with Crippen LogP contribution in [0.25, 0.3) is 0 Å². The highest BCUT2D eigenvalue weighted by molar-refractivity contribution is 6.35. The van der Waals surface area contributed by atoms with Crippen molar-refractivity contribution in [1.82, 2.24) is 15.2 Å². The third-order valence-electron chi connectivity index (χ3n) is 9.35. The summed E-state index contributed by atoms with van der Waals surface area (Å²) < 4.78 is 37.2. The first kappa shape index (κ1) is 39.5. The van der Waals surface area contributed by atoms with Crippen LogP contribution in [-0.2, 0) is 32.0 Å². The highest BCUT2D eigenvalue weighted by Gasteiger charge is 2.38. The fourth-order valence-corrected chi connectivity index (χ4v) is 7.08. The summed E-state index contributed by atoms with van der Waals surface area (Å²) in [5.41, 5.74) is 2.82. The number of nitrogens with one attached hydrogen (secondary N) is 1. The molecule has 0 amide bonds. The van der Waals surface area contributed by atoms with E-state index in [2.05, 4.69) is 15.2 Å². The van der Waals surface area contributed by atoms with Gasteiger partial charge in [-0.05, 0) is 90.5 Å². The van der Waals surface area contributed by atoms with E-state index in [1.165, 1.54) is 38.7 Å². The molecule has 3 saturated heterocycles. The number of esters is 2. The minimum Gasteiger partial charge on any atom is -0.493 e. The quantitative estimate of drug-likeness (QED) is 0.109. The van der Waals surface area contributed by atoms with E-state index >= 15 is 0 Å². The summed E-state index contributed by atoms with van der Waals surface area (Å²) >= 11 is 12.9. The van der Waals surface area contributed by atoms with Crippen LogP contribution in [0, 0.1) is 11.7 Å². The third-order valence-corrected chi connectivity index (χ3v) is 10.0. The van der Waals surface area contributed by atoms with E-state index in [0.29, 0.717) is 49.7 Å². The van der Waals surface area contributed by atoms with E-state index in [4.69, 9.17) is 52.1 Å². The van der Waals surface area contributed by atoms with Crippen LogP contribution < -0.4 is 14.8 Å². The zero-order valence-corrected chi connectivity index (χ0v) is 30.7. The molecular formula is C39H40Cl2FN3O8. The Bertz CT molecular complexity index is 1850. The van der Waals surface area contributed by atoms with Gasteiger partial charge in [0.2, 0.25) is 0 Å². The maximum Gasteiger partial charge on any atom is 0.338 e. The second-order valence-corrected chi connectivity index (χ2v) is 13.4. The molecule has 14 heteroatoms. The summed E-state index contributed by atoms with van der Waals surface area (Å²) in [6.45, 7) is 2.79. The van der Waals surface area contributed by atoms with Gasteiger partial charge in [0, 0.05) is 31.9 Å². The zero-order valence-electron chi connectivity index (χ0n) is 29.2. The fraction of sp³-hybridized carbons (Fsp3) is 0.333. The number of piperidine rings is 3. The predicted octanol–water partition coefficient (Wildman–Crippen LogP) is 6.85. The van der Waals surface area contributed by atoms with Crippen LogP contribution in [0.5, 0.6) is 11.5 Å². The number of rotatable bonds is 13. The number of carbonyl (C=O) groups excluding carboxylic acids is 2. The van der Waals surface area contributed by atoms with Crippen molar-refractivity contribution >= 4 is 41.6 Å². The lowest BCUT2D eigenvalue weighted by Crippen LogP contribution is -2.52. The number of carboxylic acid groups (broad SMARTS) is 1. The predicted molar refractivity (Wildman–Crippen MR) is 196 cm³/mol. The summed E-state index contributed by atoms with van der Waals surface area (Å²) in [5, 5.41) is 10.8. The van der Waals surface area contributed by atoms with Crippen molar-refractivity contribution in [2.75, 3.05) is 33.9 Å². The van der Waals surface area contributed by atoms with E-state index in [9.17, 15) is 14.0 Å². The van der Waals surface area contributed by atoms with Crippen LogP contribution in [0.15, 0.2) is 79.1 Å². The molecule has 1 aromatic heterocycles. The van der Waals surface area contributed by atoms with Crippen LogP contribution >= 0.6 is 23.2 Å². The molecule has 0 radical (unpaired) electrons. The van der Waals surface area contributed by atoms with Gasteiger partial charge < -0.3 is 24.1 Å². The Morgan fingerprint density at radius 1 is 0.981 bits per heavy atom. The molecule has 2 bridgehead atoms. The number of hydrogen-bond acceptors (Lipinski definition) is 10. The summed E-state index contributed by atoms with van der Waals surface area (Å²) in [4.78, 5) is 41.7. The number of ether oxygens (including phenoxy) is 4. The Balaban J connectivity index is 0.00000175. The first-order chi connectivity index (χ1) is 25.6. The van der Waals surface area contributed by atoms with Gasteiger partial charge in [0.05, 0.1) is 29.8 Å². The number of pyridine rings is 1. The molecule has 4 aromatic rings. The Labute approximate surface area is 316 Å². The number of hydrogen-bond donors (Lipinski definition) is 2. The van der Waals surface area contributed by atoms with Crippen molar-refractivity contribution in [2.24, 2.45) is 5.92 Å². The normalized spacial score (nSPS) is 18.5. The van der Waals surface area contributed by atoms with Gasteiger partial charge in [-0.2, -0.15) is 0 Å². The van der Waals surface area contributed by atoms with Crippen molar-refractivity contribution in [3.63, 3.8) is 0 Å². The lowest BCUT2D eigenvalue weighted by atomic mass is 9.86. The molecule has 3 aliphatic heterocycles. The lowest BCUT2D eigenvalue weighted by Gasteiger charge is -2.44. The molecule has 0 saturated carbocycles. The number of fused-ring (bicyclic) bond motifs is 3. The third kappa shape index (κ3) is 10.2. The molecule has 0 spiro atoms. The van der Waals surface area contributed by atoms with Crippen LogP contribution in [-0.4, -0.2) is 73.4 Å². The monoisotopic (exact) mass is 767 g/mol. The SMILES string of the molecule is COc1ccc(C(Cc2c(Cl)cncc2Cl)OC(=O)c2ccc(CNC(C(=O)O[C@H]3CN4CCC3CC4)c3cccc(F)c3)cc2)cc1OC.O=CO. The van der Waals surface area contributed by atoms with Crippen molar-refractivity contribution < 1.29 is 42.8 Å². The molecule has 2 N–H and O–H groups in total. The van der Waals surface area contributed by atoms with Crippen LogP contribution in [0.3, 0.4) is 0 Å². The van der Waals surface area contributed by atoms with Crippen molar-refractivity contribution in [2.45, 2.75) is 44.1 Å². The van der Waals surface area contributed by atoms with E-state index < -0.39 is 29.9 Å². The molecule has 3 aromatic carbocycles. The summed E-state index contributed by atoms with van der Waals surface area (Å²) in [6, 6.07) is 17.2. The molecule has 280 valence electrons. The number of methoxy groups -OCH3 is 2. The topological polar surface area (TPSA) is 137 Å². The molecule has 0 aliphatic carbocycles. The standard InChI is InChI=1S/C38H38Cl2FN3O6.CH2O2/c1-47-32-11-10-26(17-34(32)48-2)33(18-29-30(39)20-42-21-31(29)40)49-37(45)25-8-6-23(7-9-25)19-43-36(27-4-3-5-28(41)16-27)38(46)50-35-22-44-14-12-24(35)13-15-44;2-1-3/h3-11,16-17,20-21,24,33,35-36,43H,12-15,18-19,22H2,1-2H3;1H,(H,2,3)/t33?,35-,36?;/m0./s1. The highest BCUT2D eigenvalue weighted by atomic mass is 35.5. The van der Waals surface area contributed by atoms with Crippen molar-refractivity contribution in [1.29, 1.82) is 0 Å². The Hall–Kier alpha value is -4.75. The number of halogens is 3. The number of aromatic nitrogens is 1. The second-order valence-electron chi connectivity index (χ2n) is 12.6. The number of carbonyl (C=O) groups is 3. The molecule has 11 nitrogen and oxygen atoms in total. The van der Waals surface area contributed by atoms with Gasteiger partial charge in [0.1, 0.15) is 24.1 Å². The molecule has 3 aliphatic rings. The van der Waals surface area contributed by atoms with Crippen LogP contribution in [0.4, 0.5) is 4.39 Å². The van der Waals surface area contributed by atoms with E-state index in [-0.39, 0.29) is 25.5 Å². The highest BCUT2D eigenvalue weighted by Crippen LogP contribution is 2.36. The Kier molecular flexibility index (Phi) is 14.0. The van der Waals surface area contributed by atoms with Gasteiger partial charge in [-0.15, -0.1) is 0 Å². The van der Waals surface area contributed by atoms with E-state index in [1.807, 2.05) is 0 Å². The minimum absolute atomic E-state index is 0.179. The maximum absolute atomic E-state index is 14.2. The molecule has 2 unspecified atom stereocenters. The van der Waals surface area contributed by atoms with Gasteiger partial charge >= 0.3 is 11.9 Å². The van der Waals surface area contributed by atoms with Gasteiger partial charge in [0.15, 0.2) is 11.5 Å². The fourth-order valence-electron chi connectivity index (χ4n) is 6.56. The van der Waals surface area contributed by atoms with Gasteiger partial charge in [-0.25, -0.2) is 14.0 Å². The Morgan fingerprint density at radius 2 is 1.66 bits per heavy atom.